The van der Waals surface area contributed by atoms with Crippen LogP contribution in [0.3, 0.4) is 0 Å². The average molecular weight is 725 g/mol. The van der Waals surface area contributed by atoms with Gasteiger partial charge in [0.15, 0.2) is 0 Å². The van der Waals surface area contributed by atoms with Gasteiger partial charge in [-0.2, -0.15) is 0 Å². The number of aromatic nitrogens is 4. The lowest BCUT2D eigenvalue weighted by molar-refractivity contribution is 0.0696. The Balaban J connectivity index is 1.39. The van der Waals surface area contributed by atoms with E-state index >= 15 is 0 Å². The number of carbonyl (C=O) groups excluding carboxylic acids is 1. The fourth-order valence-electron chi connectivity index (χ4n) is 7.77. The quantitative estimate of drug-likeness (QED) is 0.157. The summed E-state index contributed by atoms with van der Waals surface area (Å²) in [6.45, 7) is 12.6. The lowest BCUT2D eigenvalue weighted by atomic mass is 9.97. The van der Waals surface area contributed by atoms with Crippen molar-refractivity contribution in [3.05, 3.63) is 104 Å². The van der Waals surface area contributed by atoms with Crippen LogP contribution in [0.5, 0.6) is 5.75 Å². The van der Waals surface area contributed by atoms with Crippen LogP contribution >= 0.6 is 23.2 Å². The van der Waals surface area contributed by atoms with Gasteiger partial charge in [-0.3, -0.25) is 4.79 Å². The first-order valence-electron chi connectivity index (χ1n) is 17.0. The second-order valence-electron chi connectivity index (χ2n) is 13.6. The van der Waals surface area contributed by atoms with Crippen LogP contribution in [0.25, 0.3) is 32.9 Å². The van der Waals surface area contributed by atoms with Gasteiger partial charge < -0.3 is 23.9 Å². The molecule has 51 heavy (non-hydrogen) atoms. The van der Waals surface area contributed by atoms with Crippen molar-refractivity contribution in [3.8, 4) is 16.9 Å². The number of hydrogen-bond acceptors (Lipinski definition) is 5. The summed E-state index contributed by atoms with van der Waals surface area (Å²) in [5.74, 6) is 0.258. The van der Waals surface area contributed by atoms with Crippen LogP contribution in [0, 0.1) is 34.6 Å². The monoisotopic (exact) mass is 723 g/mol. The first-order valence-corrected chi connectivity index (χ1v) is 17.7. The molecule has 1 unspecified atom stereocenters. The van der Waals surface area contributed by atoms with Gasteiger partial charge >= 0.3 is 5.97 Å². The van der Waals surface area contributed by atoms with Crippen molar-refractivity contribution in [1.82, 2.24) is 19.1 Å². The smallest absolute Gasteiger partial charge is 0.335 e. The molecule has 3 aromatic carbocycles. The van der Waals surface area contributed by atoms with Gasteiger partial charge in [0.05, 0.1) is 28.4 Å². The predicted octanol–water partition coefficient (Wildman–Crippen LogP) is 9.37. The second kappa shape index (κ2) is 13.0. The summed E-state index contributed by atoms with van der Waals surface area (Å²) < 4.78 is 10.3. The van der Waals surface area contributed by atoms with E-state index in [-0.39, 0.29) is 17.5 Å². The normalized spacial score (nSPS) is 14.5. The molecule has 4 heterocycles. The van der Waals surface area contributed by atoms with Crippen molar-refractivity contribution in [2.45, 2.75) is 60.4 Å². The number of nitrogens with zero attached hydrogens (tertiary/aromatic N) is 5. The van der Waals surface area contributed by atoms with Crippen molar-refractivity contribution in [2.24, 2.45) is 7.05 Å². The molecule has 1 amide bonds. The molecule has 3 aromatic heterocycles. The summed E-state index contributed by atoms with van der Waals surface area (Å²) in [7, 11) is 1.90. The molecule has 1 aliphatic heterocycles. The third-order valence-electron chi connectivity index (χ3n) is 9.94. The lowest BCUT2D eigenvalue weighted by Gasteiger charge is -2.34. The average Bonchev–Trinajstić information content (AvgIpc) is 3.58. The van der Waals surface area contributed by atoms with Crippen LogP contribution in [0.15, 0.2) is 48.7 Å². The van der Waals surface area contributed by atoms with Gasteiger partial charge in [-0.15, -0.1) is 0 Å². The summed E-state index contributed by atoms with van der Waals surface area (Å²) >= 11 is 13.5. The molecule has 6 aromatic rings. The fourth-order valence-corrected chi connectivity index (χ4v) is 8.12. The van der Waals surface area contributed by atoms with Crippen LogP contribution in [0.4, 0.5) is 5.69 Å². The summed E-state index contributed by atoms with van der Waals surface area (Å²) in [6, 6.07) is 12.6. The van der Waals surface area contributed by atoms with E-state index in [0.29, 0.717) is 53.6 Å². The minimum Gasteiger partial charge on any atom is -0.494 e. The van der Waals surface area contributed by atoms with Gasteiger partial charge in [0, 0.05) is 69.7 Å². The van der Waals surface area contributed by atoms with E-state index in [1.54, 1.807) is 23.1 Å². The lowest BCUT2D eigenvalue weighted by Crippen LogP contribution is -2.42. The third-order valence-corrected chi connectivity index (χ3v) is 10.9. The van der Waals surface area contributed by atoms with Crippen molar-refractivity contribution < 1.29 is 19.4 Å². The van der Waals surface area contributed by atoms with Crippen LogP contribution < -0.4 is 9.64 Å². The van der Waals surface area contributed by atoms with E-state index < -0.39 is 5.97 Å². The zero-order valence-electron chi connectivity index (χ0n) is 29.7. The minimum atomic E-state index is -1.02. The maximum Gasteiger partial charge on any atom is 0.335 e. The number of carboxylic acid groups (broad SMARTS) is 1. The molecule has 0 aliphatic carbocycles. The Bertz CT molecular complexity index is 2380. The molecular weight excluding hydrogens is 685 g/mol. The van der Waals surface area contributed by atoms with E-state index in [4.69, 9.17) is 37.9 Å². The Labute approximate surface area is 306 Å². The molecule has 0 fully saturated rings. The van der Waals surface area contributed by atoms with E-state index in [9.17, 15) is 14.7 Å². The topological polar surface area (TPSA) is 102 Å². The highest BCUT2D eigenvalue weighted by Gasteiger charge is 2.37. The molecule has 1 aliphatic rings. The number of aryl methyl sites for hydroxylation is 7. The van der Waals surface area contributed by atoms with Crippen molar-refractivity contribution >= 4 is 62.6 Å². The molecule has 0 spiro atoms. The third kappa shape index (κ3) is 5.82. The molecule has 1 atom stereocenters. The largest absolute Gasteiger partial charge is 0.494 e. The number of rotatable bonds is 8. The first kappa shape index (κ1) is 34.6. The molecule has 0 saturated heterocycles. The van der Waals surface area contributed by atoms with Gasteiger partial charge in [-0.1, -0.05) is 29.3 Å². The Morgan fingerprint density at radius 2 is 1.65 bits per heavy atom. The number of carbonyl (C=O) groups is 2. The number of amides is 1. The van der Waals surface area contributed by atoms with Crippen LogP contribution in [0.2, 0.25) is 10.0 Å². The van der Waals surface area contributed by atoms with E-state index in [1.807, 2.05) is 76.7 Å². The Morgan fingerprint density at radius 1 is 0.961 bits per heavy atom. The number of benzene rings is 3. The predicted molar refractivity (Wildman–Crippen MR) is 203 cm³/mol. The minimum absolute atomic E-state index is 0.159. The Morgan fingerprint density at radius 3 is 2.31 bits per heavy atom. The Hall–Kier alpha value is -4.86. The van der Waals surface area contributed by atoms with Gasteiger partial charge in [-0.05, 0) is 107 Å². The maximum absolute atomic E-state index is 15.0. The van der Waals surface area contributed by atoms with E-state index in [2.05, 4.69) is 11.5 Å². The SMILES string of the molecule is Cc1nc(C)c(-c2c(Cl)ccc3c(CCCOc4cc(C)c(Cl)c(C)c4)c4n(c23)C(C)CN(c2cn(C)c3ccc(C(=O)O)cc23)C4=O)c(C)n1. The Kier molecular flexibility index (Phi) is 8.84. The molecule has 0 saturated carbocycles. The molecular formula is C40H39Cl2N5O4. The maximum atomic E-state index is 15.0. The number of hydrogen-bond donors (Lipinski definition) is 1. The number of aromatic carboxylic acids is 1. The van der Waals surface area contributed by atoms with Gasteiger partial charge in [0.1, 0.15) is 17.3 Å². The van der Waals surface area contributed by atoms with Crippen LogP contribution in [-0.2, 0) is 13.5 Å². The molecule has 9 nitrogen and oxygen atoms in total. The van der Waals surface area contributed by atoms with Crippen molar-refractivity contribution in [2.75, 3.05) is 18.1 Å². The number of carboxylic acids is 1. The fraction of sp³-hybridized carbons (Fsp3) is 0.300. The second-order valence-corrected chi connectivity index (χ2v) is 14.4. The number of anilines is 1. The van der Waals surface area contributed by atoms with Crippen LogP contribution in [-0.4, -0.2) is 49.2 Å². The van der Waals surface area contributed by atoms with Gasteiger partial charge in [0.25, 0.3) is 5.91 Å². The molecule has 0 bridgehead atoms. The highest BCUT2D eigenvalue weighted by Crippen LogP contribution is 2.45. The molecule has 0 radical (unpaired) electrons. The van der Waals surface area contributed by atoms with E-state index in [1.165, 1.54) is 0 Å². The summed E-state index contributed by atoms with van der Waals surface area (Å²) in [5, 5.41) is 12.7. The molecule has 7 rings (SSSR count). The highest BCUT2D eigenvalue weighted by molar-refractivity contribution is 6.35. The zero-order chi connectivity index (χ0) is 36.5. The molecule has 262 valence electrons. The summed E-state index contributed by atoms with van der Waals surface area (Å²) in [6.07, 6.45) is 3.12. The standard InChI is InChI=1S/C40H39Cl2N5O4/c1-20-15-27(16-21(2)36(20)42)51-14-8-9-28-29-11-12-31(41)35(34-23(4)43-25(6)44-24(34)5)37(29)47-22(3)18-46(39(48)38(28)47)33-19-45(7)32-13-10-26(40(49)50)17-30(32)33/h10-13,15-17,19,22H,8-9,14,18H2,1-7H3,(H,49,50). The summed E-state index contributed by atoms with van der Waals surface area (Å²) in [4.78, 5) is 38.1. The van der Waals surface area contributed by atoms with Crippen molar-refractivity contribution in [3.63, 3.8) is 0 Å². The first-order chi connectivity index (χ1) is 24.3. The number of fused-ring (bicyclic) bond motifs is 4. The number of ether oxygens (including phenoxy) is 1. The van der Waals surface area contributed by atoms with Gasteiger partial charge in [0.2, 0.25) is 0 Å². The van der Waals surface area contributed by atoms with E-state index in [0.717, 1.165) is 66.4 Å². The number of halogens is 2. The highest BCUT2D eigenvalue weighted by atomic mass is 35.5. The summed E-state index contributed by atoms with van der Waals surface area (Å²) in [5.41, 5.74) is 9.25. The van der Waals surface area contributed by atoms with Crippen LogP contribution in [0.1, 0.15) is 74.1 Å². The molecule has 11 heteroatoms. The zero-order valence-corrected chi connectivity index (χ0v) is 31.2. The molecule has 1 N–H and O–H groups in total. The van der Waals surface area contributed by atoms with Gasteiger partial charge in [-0.25, -0.2) is 14.8 Å². The van der Waals surface area contributed by atoms with Crippen molar-refractivity contribution in [1.29, 1.82) is 0 Å².